The van der Waals surface area contributed by atoms with E-state index in [0.717, 1.165) is 18.6 Å². The Morgan fingerprint density at radius 2 is 1.96 bits per heavy atom. The number of benzene rings is 1. The summed E-state index contributed by atoms with van der Waals surface area (Å²) < 4.78 is 16.9. The van der Waals surface area contributed by atoms with Crippen LogP contribution in [-0.2, 0) is 6.42 Å². The summed E-state index contributed by atoms with van der Waals surface area (Å²) in [5.41, 5.74) is 2.73. The number of hydrogen-bond acceptors (Lipinski definition) is 4. The van der Waals surface area contributed by atoms with E-state index in [1.165, 1.54) is 30.5 Å². The third-order valence-electron chi connectivity index (χ3n) is 5.27. The van der Waals surface area contributed by atoms with E-state index in [0.29, 0.717) is 29.9 Å². The minimum absolute atomic E-state index is 0.277. The molecule has 3 aromatic rings. The molecule has 0 bridgehead atoms. The fourth-order valence-electron chi connectivity index (χ4n) is 3.73. The number of para-hydroxylation sites is 2. The number of anilines is 1. The van der Waals surface area contributed by atoms with Gasteiger partial charge in [0.15, 0.2) is 11.6 Å². The maximum Gasteiger partial charge on any atom is 0.187 e. The summed E-state index contributed by atoms with van der Waals surface area (Å²) in [6.45, 7) is 3.43. The van der Waals surface area contributed by atoms with Gasteiger partial charge in [-0.3, -0.25) is 0 Å². The van der Waals surface area contributed by atoms with Crippen LogP contribution in [0.15, 0.2) is 30.6 Å². The molecule has 1 saturated carbocycles. The molecule has 0 amide bonds. The molecule has 1 aromatic carbocycles. The van der Waals surface area contributed by atoms with Crippen molar-refractivity contribution < 1.29 is 4.39 Å². The Labute approximate surface area is 145 Å². The van der Waals surface area contributed by atoms with Crippen molar-refractivity contribution >= 4 is 16.9 Å². The van der Waals surface area contributed by atoms with E-state index in [2.05, 4.69) is 32.7 Å². The van der Waals surface area contributed by atoms with Gasteiger partial charge in [-0.2, -0.15) is 0 Å². The van der Waals surface area contributed by atoms with Crippen LogP contribution in [0, 0.1) is 5.82 Å². The average molecular weight is 337 g/mol. The maximum atomic E-state index is 14.5. The monoisotopic (exact) mass is 337 g/mol. The third kappa shape index (κ3) is 2.31. The minimum Gasteiger partial charge on any atom is -0.350 e. The van der Waals surface area contributed by atoms with Crippen LogP contribution in [-0.4, -0.2) is 32.6 Å². The van der Waals surface area contributed by atoms with Gasteiger partial charge in [0.25, 0.3) is 0 Å². The normalized spacial score (nSPS) is 17.9. The molecule has 0 N–H and O–H groups in total. The van der Waals surface area contributed by atoms with Crippen molar-refractivity contribution in [2.45, 2.75) is 38.1 Å². The number of halogens is 1. The van der Waals surface area contributed by atoms with Crippen molar-refractivity contribution in [2.75, 3.05) is 18.0 Å². The molecule has 1 aliphatic carbocycles. The molecule has 2 fully saturated rings. The number of aromatic nitrogens is 4. The highest BCUT2D eigenvalue weighted by Crippen LogP contribution is 2.43. The summed E-state index contributed by atoms with van der Waals surface area (Å²) in [5, 5.41) is 0. The maximum absolute atomic E-state index is 14.5. The van der Waals surface area contributed by atoms with Crippen molar-refractivity contribution in [1.29, 1.82) is 0 Å². The smallest absolute Gasteiger partial charge is 0.187 e. The number of hydrogen-bond donors (Lipinski definition) is 0. The quantitative estimate of drug-likeness (QED) is 0.731. The Hall–Kier alpha value is -2.50. The molecule has 3 heterocycles. The minimum atomic E-state index is -0.277. The molecule has 1 aliphatic heterocycles. The van der Waals surface area contributed by atoms with Crippen LogP contribution in [0.4, 0.5) is 10.2 Å². The predicted octanol–water partition coefficient (Wildman–Crippen LogP) is 3.47. The fourth-order valence-corrected chi connectivity index (χ4v) is 3.73. The largest absolute Gasteiger partial charge is 0.350 e. The van der Waals surface area contributed by atoms with E-state index < -0.39 is 0 Å². The lowest BCUT2D eigenvalue weighted by Crippen LogP contribution is -2.49. The Bertz CT molecular complexity index is 940. The lowest BCUT2D eigenvalue weighted by atomic mass is 10.1. The van der Waals surface area contributed by atoms with Gasteiger partial charge in [-0.05, 0) is 31.4 Å². The summed E-state index contributed by atoms with van der Waals surface area (Å²) in [5.74, 6) is 1.94. The standard InChI is InChI=1S/C19H20FN5/c1-2-14-17(20)19(22-11-21-14)24-9-13(10-24)25-16-6-4-3-5-15(16)23-18(25)12-7-8-12/h3-6,11-13H,2,7-10H2,1H3. The lowest BCUT2D eigenvalue weighted by molar-refractivity contribution is 0.388. The molecule has 0 atom stereocenters. The van der Waals surface area contributed by atoms with E-state index in [-0.39, 0.29) is 5.82 Å². The molecule has 5 nitrogen and oxygen atoms in total. The second-order valence-electron chi connectivity index (χ2n) is 6.97. The fraction of sp³-hybridized carbons (Fsp3) is 0.421. The Morgan fingerprint density at radius 3 is 2.72 bits per heavy atom. The van der Waals surface area contributed by atoms with Crippen molar-refractivity contribution in [2.24, 2.45) is 0 Å². The first kappa shape index (κ1) is 14.8. The van der Waals surface area contributed by atoms with Crippen LogP contribution in [0.5, 0.6) is 0 Å². The topological polar surface area (TPSA) is 46.8 Å². The van der Waals surface area contributed by atoms with Gasteiger partial charge < -0.3 is 9.47 Å². The zero-order chi connectivity index (χ0) is 17.0. The van der Waals surface area contributed by atoms with Crippen LogP contribution in [0.3, 0.4) is 0 Å². The van der Waals surface area contributed by atoms with Crippen LogP contribution < -0.4 is 4.90 Å². The summed E-state index contributed by atoms with van der Waals surface area (Å²) >= 11 is 0. The van der Waals surface area contributed by atoms with E-state index in [1.54, 1.807) is 0 Å². The zero-order valence-electron chi connectivity index (χ0n) is 14.2. The number of imidazole rings is 1. The summed E-state index contributed by atoms with van der Waals surface area (Å²) in [6.07, 6.45) is 4.49. The molecule has 128 valence electrons. The van der Waals surface area contributed by atoms with Crippen LogP contribution >= 0.6 is 0 Å². The Balaban J connectivity index is 1.46. The van der Waals surface area contributed by atoms with Gasteiger partial charge in [-0.15, -0.1) is 0 Å². The first-order valence-electron chi connectivity index (χ1n) is 8.97. The highest BCUT2D eigenvalue weighted by Gasteiger charge is 2.37. The molecule has 0 radical (unpaired) electrons. The van der Waals surface area contributed by atoms with Gasteiger partial charge >= 0.3 is 0 Å². The highest BCUT2D eigenvalue weighted by atomic mass is 19.1. The molecular weight excluding hydrogens is 317 g/mol. The second kappa shape index (κ2) is 5.51. The predicted molar refractivity (Wildman–Crippen MR) is 94.3 cm³/mol. The molecule has 0 unspecified atom stereocenters. The number of nitrogens with zero attached hydrogens (tertiary/aromatic N) is 5. The summed E-state index contributed by atoms with van der Waals surface area (Å²) in [4.78, 5) is 15.1. The Morgan fingerprint density at radius 1 is 1.16 bits per heavy atom. The van der Waals surface area contributed by atoms with Gasteiger partial charge in [0.1, 0.15) is 12.2 Å². The Kier molecular flexibility index (Phi) is 3.26. The summed E-state index contributed by atoms with van der Waals surface area (Å²) in [7, 11) is 0. The highest BCUT2D eigenvalue weighted by molar-refractivity contribution is 5.76. The molecule has 2 aromatic heterocycles. The van der Waals surface area contributed by atoms with Crippen LogP contribution in [0.25, 0.3) is 11.0 Å². The van der Waals surface area contributed by atoms with Gasteiger partial charge in [-0.25, -0.2) is 19.3 Å². The SMILES string of the molecule is CCc1ncnc(N2CC(n3c(C4CC4)nc4ccccc43)C2)c1F. The second-order valence-corrected chi connectivity index (χ2v) is 6.97. The molecule has 25 heavy (non-hydrogen) atoms. The van der Waals surface area contributed by atoms with E-state index in [1.807, 2.05) is 17.9 Å². The van der Waals surface area contributed by atoms with Crippen LogP contribution in [0.1, 0.15) is 43.2 Å². The lowest BCUT2D eigenvalue weighted by Gasteiger charge is -2.41. The number of rotatable bonds is 4. The van der Waals surface area contributed by atoms with Gasteiger partial charge in [0.05, 0.1) is 22.8 Å². The molecule has 0 spiro atoms. The van der Waals surface area contributed by atoms with Crippen molar-refractivity contribution in [3.05, 3.63) is 47.9 Å². The van der Waals surface area contributed by atoms with E-state index >= 15 is 0 Å². The number of aryl methyl sites for hydroxylation is 1. The molecular formula is C19H20FN5. The van der Waals surface area contributed by atoms with Crippen molar-refractivity contribution in [1.82, 2.24) is 19.5 Å². The number of fused-ring (bicyclic) bond motifs is 1. The van der Waals surface area contributed by atoms with Crippen molar-refractivity contribution in [3.8, 4) is 0 Å². The summed E-state index contributed by atoms with van der Waals surface area (Å²) in [6, 6.07) is 8.63. The molecule has 5 rings (SSSR count). The third-order valence-corrected chi connectivity index (χ3v) is 5.27. The van der Waals surface area contributed by atoms with E-state index in [4.69, 9.17) is 4.98 Å². The first-order valence-corrected chi connectivity index (χ1v) is 8.97. The van der Waals surface area contributed by atoms with Crippen molar-refractivity contribution in [3.63, 3.8) is 0 Å². The van der Waals surface area contributed by atoms with Gasteiger partial charge in [0, 0.05) is 19.0 Å². The van der Waals surface area contributed by atoms with Crippen LogP contribution in [0.2, 0.25) is 0 Å². The van der Waals surface area contributed by atoms with Gasteiger partial charge in [0.2, 0.25) is 0 Å². The molecule has 1 saturated heterocycles. The van der Waals surface area contributed by atoms with Gasteiger partial charge in [-0.1, -0.05) is 19.1 Å². The zero-order valence-corrected chi connectivity index (χ0v) is 14.2. The first-order chi connectivity index (χ1) is 12.3. The molecule has 6 heteroatoms. The van der Waals surface area contributed by atoms with E-state index in [9.17, 15) is 4.39 Å². The molecule has 2 aliphatic rings. The average Bonchev–Trinajstić information content (AvgIpc) is 3.37.